The Bertz CT molecular complexity index is 919. The van der Waals surface area contributed by atoms with Gasteiger partial charge in [-0.1, -0.05) is 39.0 Å². The third kappa shape index (κ3) is 6.99. The highest BCUT2D eigenvalue weighted by Gasteiger charge is 2.19. The highest BCUT2D eigenvalue weighted by Crippen LogP contribution is 2.27. The summed E-state index contributed by atoms with van der Waals surface area (Å²) in [6.07, 6.45) is 0.467. The van der Waals surface area contributed by atoms with E-state index in [9.17, 15) is 19.8 Å². The molecule has 32 heavy (non-hydrogen) atoms. The molecule has 7 heteroatoms. The summed E-state index contributed by atoms with van der Waals surface area (Å²) >= 11 is 0. The Morgan fingerprint density at radius 1 is 1.09 bits per heavy atom. The molecule has 0 saturated carbocycles. The van der Waals surface area contributed by atoms with Crippen LogP contribution in [-0.4, -0.2) is 48.3 Å². The monoisotopic (exact) mass is 442 g/mol. The van der Waals surface area contributed by atoms with Crippen molar-refractivity contribution in [2.75, 3.05) is 20.3 Å². The standard InChI is InChI=1S/C25H34N2O5/c1-16(27-24(31)19-7-9-20(10-8-19)25(2,3)4)23(30)26-14-18(15-28)12-17-6-11-22(32-5)21(29)13-17/h6-11,13,16,18,28-29H,12,14-15H2,1-5H3,(H,26,30)(H,27,31). The molecule has 0 heterocycles. The zero-order valence-electron chi connectivity index (χ0n) is 19.4. The van der Waals surface area contributed by atoms with E-state index in [1.54, 1.807) is 37.3 Å². The molecular formula is C25H34N2O5. The largest absolute Gasteiger partial charge is 0.504 e. The summed E-state index contributed by atoms with van der Waals surface area (Å²) in [6.45, 7) is 8.03. The number of ether oxygens (including phenoxy) is 1. The number of benzene rings is 2. The number of amides is 2. The molecule has 4 N–H and O–H groups in total. The Morgan fingerprint density at radius 3 is 2.28 bits per heavy atom. The summed E-state index contributed by atoms with van der Waals surface area (Å²) < 4.78 is 5.03. The van der Waals surface area contributed by atoms with Crippen molar-refractivity contribution < 1.29 is 24.5 Å². The van der Waals surface area contributed by atoms with Crippen LogP contribution in [0.15, 0.2) is 42.5 Å². The highest BCUT2D eigenvalue weighted by atomic mass is 16.5. The van der Waals surface area contributed by atoms with Gasteiger partial charge in [-0.3, -0.25) is 9.59 Å². The highest BCUT2D eigenvalue weighted by molar-refractivity contribution is 5.97. The minimum absolute atomic E-state index is 0.00397. The summed E-state index contributed by atoms with van der Waals surface area (Å²) in [5.41, 5.74) is 2.43. The first-order chi connectivity index (χ1) is 15.0. The second kappa shape index (κ2) is 11.0. The molecule has 0 spiro atoms. The number of aromatic hydroxyl groups is 1. The van der Waals surface area contributed by atoms with Gasteiger partial charge in [0.15, 0.2) is 11.5 Å². The number of aliphatic hydroxyl groups excluding tert-OH is 1. The molecule has 2 unspecified atom stereocenters. The molecule has 0 aliphatic carbocycles. The molecule has 2 amide bonds. The third-order valence-corrected chi connectivity index (χ3v) is 5.34. The van der Waals surface area contributed by atoms with E-state index in [2.05, 4.69) is 31.4 Å². The molecule has 0 aliphatic heterocycles. The van der Waals surface area contributed by atoms with E-state index in [-0.39, 0.29) is 42.0 Å². The molecule has 2 rings (SSSR count). The maximum atomic E-state index is 12.5. The first-order valence-corrected chi connectivity index (χ1v) is 10.7. The van der Waals surface area contributed by atoms with Crippen LogP contribution in [0.3, 0.4) is 0 Å². The van der Waals surface area contributed by atoms with Gasteiger partial charge in [0, 0.05) is 24.6 Å². The first kappa shape index (κ1) is 25.2. The smallest absolute Gasteiger partial charge is 0.251 e. The second-order valence-electron chi connectivity index (χ2n) is 9.03. The molecule has 2 aromatic rings. The third-order valence-electron chi connectivity index (χ3n) is 5.34. The van der Waals surface area contributed by atoms with E-state index in [0.29, 0.717) is 17.7 Å². The number of hydrogen-bond donors (Lipinski definition) is 4. The van der Waals surface area contributed by atoms with Crippen molar-refractivity contribution in [3.63, 3.8) is 0 Å². The van der Waals surface area contributed by atoms with E-state index >= 15 is 0 Å². The van der Waals surface area contributed by atoms with E-state index < -0.39 is 6.04 Å². The molecule has 2 atom stereocenters. The average Bonchev–Trinajstić information content (AvgIpc) is 2.75. The van der Waals surface area contributed by atoms with E-state index in [1.807, 2.05) is 12.1 Å². The van der Waals surface area contributed by atoms with E-state index in [4.69, 9.17) is 4.74 Å². The maximum Gasteiger partial charge on any atom is 0.251 e. The van der Waals surface area contributed by atoms with Gasteiger partial charge in [-0.25, -0.2) is 0 Å². The van der Waals surface area contributed by atoms with Crippen molar-refractivity contribution in [1.29, 1.82) is 0 Å². The van der Waals surface area contributed by atoms with Crippen molar-refractivity contribution in [1.82, 2.24) is 10.6 Å². The van der Waals surface area contributed by atoms with Crippen LogP contribution in [0, 0.1) is 5.92 Å². The zero-order valence-corrected chi connectivity index (χ0v) is 19.4. The van der Waals surface area contributed by atoms with Crippen LogP contribution in [0.5, 0.6) is 11.5 Å². The minimum atomic E-state index is -0.728. The fourth-order valence-electron chi connectivity index (χ4n) is 3.26. The number of phenolic OH excluding ortho intramolecular Hbond substituents is 1. The normalized spacial score (nSPS) is 13.2. The maximum absolute atomic E-state index is 12.5. The van der Waals surface area contributed by atoms with Gasteiger partial charge in [0.1, 0.15) is 6.04 Å². The number of aliphatic hydroxyl groups is 1. The van der Waals surface area contributed by atoms with Crippen molar-refractivity contribution in [3.8, 4) is 11.5 Å². The van der Waals surface area contributed by atoms with Gasteiger partial charge in [-0.05, 0) is 54.2 Å². The molecular weight excluding hydrogens is 408 g/mol. The molecule has 2 aromatic carbocycles. The lowest BCUT2D eigenvalue weighted by Gasteiger charge is -2.20. The van der Waals surface area contributed by atoms with Crippen LogP contribution in [0.25, 0.3) is 0 Å². The minimum Gasteiger partial charge on any atom is -0.504 e. The molecule has 0 radical (unpaired) electrons. The lowest BCUT2D eigenvalue weighted by molar-refractivity contribution is -0.122. The lowest BCUT2D eigenvalue weighted by atomic mass is 9.86. The fraction of sp³-hybridized carbons (Fsp3) is 0.440. The van der Waals surface area contributed by atoms with Crippen molar-refractivity contribution in [2.24, 2.45) is 5.92 Å². The molecule has 174 valence electrons. The molecule has 0 bridgehead atoms. The second-order valence-corrected chi connectivity index (χ2v) is 9.03. The number of rotatable bonds is 9. The molecule has 0 aliphatic rings. The van der Waals surface area contributed by atoms with Gasteiger partial charge in [-0.2, -0.15) is 0 Å². The molecule has 0 fully saturated rings. The van der Waals surface area contributed by atoms with Gasteiger partial charge in [0.05, 0.1) is 7.11 Å². The van der Waals surface area contributed by atoms with Crippen molar-refractivity contribution in [2.45, 2.75) is 45.6 Å². The van der Waals surface area contributed by atoms with E-state index in [0.717, 1.165) is 11.1 Å². The number of nitrogens with one attached hydrogen (secondary N) is 2. The van der Waals surface area contributed by atoms with Gasteiger partial charge in [0.2, 0.25) is 5.91 Å². The predicted molar refractivity (Wildman–Crippen MR) is 124 cm³/mol. The summed E-state index contributed by atoms with van der Waals surface area (Å²) in [4.78, 5) is 24.9. The lowest BCUT2D eigenvalue weighted by Crippen LogP contribution is -2.46. The van der Waals surface area contributed by atoms with Crippen LogP contribution in [0.2, 0.25) is 0 Å². The molecule has 0 saturated heterocycles. The van der Waals surface area contributed by atoms with Crippen molar-refractivity contribution in [3.05, 3.63) is 59.2 Å². The van der Waals surface area contributed by atoms with Crippen molar-refractivity contribution >= 4 is 11.8 Å². The summed E-state index contributed by atoms with van der Waals surface area (Å²) in [5, 5.41) is 25.1. The SMILES string of the molecule is COc1ccc(CC(CO)CNC(=O)C(C)NC(=O)c2ccc(C(C)(C)C)cc2)cc1O. The molecule has 7 nitrogen and oxygen atoms in total. The van der Waals surface area contributed by atoms with Crippen LogP contribution < -0.4 is 15.4 Å². The Kier molecular flexibility index (Phi) is 8.66. The average molecular weight is 443 g/mol. The summed E-state index contributed by atoms with van der Waals surface area (Å²) in [5.74, 6) is -0.487. The van der Waals surface area contributed by atoms with E-state index in [1.165, 1.54) is 7.11 Å². The van der Waals surface area contributed by atoms with Crippen LogP contribution in [0.4, 0.5) is 0 Å². The number of carbonyl (C=O) groups excluding carboxylic acids is 2. The van der Waals surface area contributed by atoms with Gasteiger partial charge < -0.3 is 25.6 Å². The predicted octanol–water partition coefficient (Wildman–Crippen LogP) is 2.78. The van der Waals surface area contributed by atoms with Crippen LogP contribution >= 0.6 is 0 Å². The summed E-state index contributed by atoms with van der Waals surface area (Å²) in [7, 11) is 1.47. The van der Waals surface area contributed by atoms with Gasteiger partial charge in [0.25, 0.3) is 5.91 Å². The Hall–Kier alpha value is -3.06. The number of phenols is 1. The number of hydrogen-bond acceptors (Lipinski definition) is 5. The molecule has 0 aromatic heterocycles. The van der Waals surface area contributed by atoms with Gasteiger partial charge in [-0.15, -0.1) is 0 Å². The summed E-state index contributed by atoms with van der Waals surface area (Å²) in [6, 6.07) is 11.7. The zero-order chi connectivity index (χ0) is 23.9. The number of carbonyl (C=O) groups is 2. The number of methoxy groups -OCH3 is 1. The Labute approximate surface area is 189 Å². The fourth-order valence-corrected chi connectivity index (χ4v) is 3.26. The Balaban J connectivity index is 1.88. The van der Waals surface area contributed by atoms with Crippen LogP contribution in [0.1, 0.15) is 49.2 Å². The van der Waals surface area contributed by atoms with Gasteiger partial charge >= 0.3 is 0 Å². The van der Waals surface area contributed by atoms with Crippen LogP contribution in [-0.2, 0) is 16.6 Å². The Morgan fingerprint density at radius 2 is 1.75 bits per heavy atom. The topological polar surface area (TPSA) is 108 Å². The first-order valence-electron chi connectivity index (χ1n) is 10.7. The quantitative estimate of drug-likeness (QED) is 0.478.